The Morgan fingerprint density at radius 3 is 2.36 bits per heavy atom. The van der Waals surface area contributed by atoms with Crippen LogP contribution in [0.2, 0.25) is 0 Å². The molecule has 2 heterocycles. The number of hydrogen-bond donors (Lipinski definition) is 0. The molecule has 0 aliphatic carbocycles. The summed E-state index contributed by atoms with van der Waals surface area (Å²) in [5.41, 5.74) is 2.17. The molecule has 6 heteroatoms. The second kappa shape index (κ2) is 13.0. The van der Waals surface area contributed by atoms with Gasteiger partial charge in [0.05, 0.1) is 24.8 Å². The SMILES string of the molecule is C=CC(=O)OCCCCCCCCCCCOc1ccc2c(c1)C(C)(C)C1(C=Nc3c(ccc4ccccc34)O1)N2C. The highest BCUT2D eigenvalue weighted by Gasteiger charge is 2.58. The van der Waals surface area contributed by atoms with E-state index in [1.807, 2.05) is 24.4 Å². The molecule has 0 amide bonds. The highest BCUT2D eigenvalue weighted by molar-refractivity contribution is 5.99. The first-order valence-electron chi connectivity index (χ1n) is 15.4. The van der Waals surface area contributed by atoms with Gasteiger partial charge in [0.25, 0.3) is 0 Å². The lowest BCUT2D eigenvalue weighted by atomic mass is 9.77. The monoisotopic (exact) mass is 568 g/mol. The van der Waals surface area contributed by atoms with Crippen LogP contribution in [0.4, 0.5) is 11.4 Å². The Labute approximate surface area is 250 Å². The minimum absolute atomic E-state index is 0.329. The molecule has 42 heavy (non-hydrogen) atoms. The summed E-state index contributed by atoms with van der Waals surface area (Å²) in [6, 6.07) is 18.9. The highest BCUT2D eigenvalue weighted by atomic mass is 16.5. The van der Waals surface area contributed by atoms with Gasteiger partial charge in [-0.25, -0.2) is 4.79 Å². The molecular weight excluding hydrogens is 524 g/mol. The van der Waals surface area contributed by atoms with E-state index < -0.39 is 5.72 Å². The van der Waals surface area contributed by atoms with Gasteiger partial charge in [0.2, 0.25) is 5.72 Å². The second-order valence-corrected chi connectivity index (χ2v) is 12.0. The number of esters is 1. The van der Waals surface area contributed by atoms with Crippen LogP contribution in [0.15, 0.2) is 72.2 Å². The van der Waals surface area contributed by atoms with E-state index in [9.17, 15) is 4.79 Å². The predicted octanol–water partition coefficient (Wildman–Crippen LogP) is 8.68. The van der Waals surface area contributed by atoms with Gasteiger partial charge < -0.3 is 19.1 Å². The molecule has 5 rings (SSSR count). The number of likely N-dealkylation sites (N-methyl/N-ethyl adjacent to an activating group) is 1. The molecule has 2 aliphatic rings. The molecular formula is C36H44N2O4. The molecule has 222 valence electrons. The first-order valence-corrected chi connectivity index (χ1v) is 15.4. The summed E-state index contributed by atoms with van der Waals surface area (Å²) in [6.07, 6.45) is 13.7. The van der Waals surface area contributed by atoms with Gasteiger partial charge in [0, 0.05) is 24.2 Å². The lowest BCUT2D eigenvalue weighted by molar-refractivity contribution is -0.137. The predicted molar refractivity (Wildman–Crippen MR) is 172 cm³/mol. The zero-order valence-electron chi connectivity index (χ0n) is 25.4. The highest BCUT2D eigenvalue weighted by Crippen LogP contribution is 2.54. The number of unbranched alkanes of at least 4 members (excludes halogenated alkanes) is 8. The molecule has 3 aromatic carbocycles. The van der Waals surface area contributed by atoms with Gasteiger partial charge in [-0.05, 0) is 61.9 Å². The van der Waals surface area contributed by atoms with Gasteiger partial charge in [-0.1, -0.05) is 81.9 Å². The lowest BCUT2D eigenvalue weighted by Gasteiger charge is -2.45. The summed E-state index contributed by atoms with van der Waals surface area (Å²) in [5, 5.41) is 2.27. The van der Waals surface area contributed by atoms with Crippen molar-refractivity contribution < 1.29 is 19.0 Å². The third-order valence-electron chi connectivity index (χ3n) is 8.86. The third-order valence-corrected chi connectivity index (χ3v) is 8.86. The van der Waals surface area contributed by atoms with Gasteiger partial charge in [0.15, 0.2) is 0 Å². The van der Waals surface area contributed by atoms with Crippen molar-refractivity contribution in [3.63, 3.8) is 0 Å². The molecule has 1 unspecified atom stereocenters. The molecule has 2 aliphatic heterocycles. The quantitative estimate of drug-likeness (QED) is 0.111. The van der Waals surface area contributed by atoms with Crippen LogP contribution >= 0.6 is 0 Å². The van der Waals surface area contributed by atoms with E-state index in [2.05, 4.69) is 68.8 Å². The fourth-order valence-electron chi connectivity index (χ4n) is 6.29. The van der Waals surface area contributed by atoms with E-state index in [4.69, 9.17) is 19.2 Å². The molecule has 0 aromatic heterocycles. The molecule has 0 saturated heterocycles. The molecule has 3 aromatic rings. The van der Waals surface area contributed by atoms with E-state index in [1.54, 1.807) is 0 Å². The number of aliphatic imine (C=N–C) groups is 1. The molecule has 0 radical (unpaired) electrons. The number of fused-ring (bicyclic) bond motifs is 4. The fraction of sp³-hybridized carbons (Fsp3) is 0.444. The Morgan fingerprint density at radius 2 is 1.62 bits per heavy atom. The van der Waals surface area contributed by atoms with Crippen LogP contribution in [0.5, 0.6) is 11.5 Å². The number of anilines is 1. The Morgan fingerprint density at radius 1 is 0.929 bits per heavy atom. The van der Waals surface area contributed by atoms with Crippen molar-refractivity contribution in [1.82, 2.24) is 0 Å². The van der Waals surface area contributed by atoms with Crippen molar-refractivity contribution in [3.05, 3.63) is 72.8 Å². The smallest absolute Gasteiger partial charge is 0.330 e. The summed E-state index contributed by atoms with van der Waals surface area (Å²) in [6.45, 7) is 9.09. The zero-order chi connectivity index (χ0) is 29.6. The molecule has 0 bridgehead atoms. The van der Waals surface area contributed by atoms with Crippen LogP contribution in [0.3, 0.4) is 0 Å². The van der Waals surface area contributed by atoms with E-state index in [0.717, 1.165) is 59.5 Å². The zero-order valence-corrected chi connectivity index (χ0v) is 25.4. The minimum atomic E-state index is -0.720. The maximum Gasteiger partial charge on any atom is 0.330 e. The van der Waals surface area contributed by atoms with Crippen LogP contribution in [0, 0.1) is 0 Å². The standard InChI is InChI=1S/C36H44N2O4/c1-5-33(39)41-24-16-12-10-8-6-7-9-11-15-23-40-28-20-21-31-30(25-28)35(2,3)36(38(31)4)26-37-34-29-18-14-13-17-27(29)19-22-32(34)42-36/h5,13-14,17-22,25-26H,1,6-12,15-16,23-24H2,2-4H3. The van der Waals surface area contributed by atoms with Gasteiger partial charge >= 0.3 is 5.97 Å². The first-order chi connectivity index (χ1) is 20.4. The molecule has 0 N–H and O–H groups in total. The van der Waals surface area contributed by atoms with Crippen LogP contribution < -0.4 is 14.4 Å². The van der Waals surface area contributed by atoms with Crippen molar-refractivity contribution in [1.29, 1.82) is 0 Å². The second-order valence-electron chi connectivity index (χ2n) is 12.0. The molecule has 0 saturated carbocycles. The van der Waals surface area contributed by atoms with Crippen molar-refractivity contribution in [2.75, 3.05) is 25.2 Å². The number of rotatable bonds is 14. The summed E-state index contributed by atoms with van der Waals surface area (Å²) in [5.74, 6) is 1.39. The van der Waals surface area contributed by atoms with Crippen molar-refractivity contribution >= 4 is 34.3 Å². The Hall–Kier alpha value is -3.80. The topological polar surface area (TPSA) is 60.4 Å². The Bertz CT molecular complexity index is 1450. The first kappa shape index (κ1) is 29.7. The van der Waals surface area contributed by atoms with Crippen LogP contribution in [-0.4, -0.2) is 38.2 Å². The van der Waals surface area contributed by atoms with Crippen LogP contribution in [0.25, 0.3) is 10.8 Å². The third kappa shape index (κ3) is 5.90. The number of ether oxygens (including phenoxy) is 3. The normalized spacial score (nSPS) is 18.0. The fourth-order valence-corrected chi connectivity index (χ4v) is 6.29. The van der Waals surface area contributed by atoms with Crippen LogP contribution in [-0.2, 0) is 14.9 Å². The molecule has 1 atom stereocenters. The van der Waals surface area contributed by atoms with Gasteiger partial charge in [-0.3, -0.25) is 4.99 Å². The molecule has 0 fully saturated rings. The van der Waals surface area contributed by atoms with Crippen molar-refractivity contribution in [2.24, 2.45) is 4.99 Å². The summed E-state index contributed by atoms with van der Waals surface area (Å²) >= 11 is 0. The van der Waals surface area contributed by atoms with Gasteiger partial charge in [0.1, 0.15) is 17.2 Å². The molecule has 6 nitrogen and oxygen atoms in total. The van der Waals surface area contributed by atoms with E-state index in [0.29, 0.717) is 6.61 Å². The largest absolute Gasteiger partial charge is 0.494 e. The maximum atomic E-state index is 11.0. The summed E-state index contributed by atoms with van der Waals surface area (Å²) in [4.78, 5) is 18.2. The van der Waals surface area contributed by atoms with E-state index in [-0.39, 0.29) is 11.4 Å². The number of carbonyl (C=O) groups is 1. The number of benzene rings is 3. The van der Waals surface area contributed by atoms with Crippen LogP contribution in [0.1, 0.15) is 77.2 Å². The van der Waals surface area contributed by atoms with Gasteiger partial charge in [-0.15, -0.1) is 0 Å². The average Bonchev–Trinajstić information content (AvgIpc) is 3.16. The van der Waals surface area contributed by atoms with Crippen molar-refractivity contribution in [3.8, 4) is 11.5 Å². The molecule has 1 spiro atoms. The number of nitrogens with zero attached hydrogens (tertiary/aromatic N) is 2. The number of carbonyl (C=O) groups excluding carboxylic acids is 1. The number of hydrogen-bond acceptors (Lipinski definition) is 6. The lowest BCUT2D eigenvalue weighted by Crippen LogP contribution is -2.61. The maximum absolute atomic E-state index is 11.0. The minimum Gasteiger partial charge on any atom is -0.494 e. The van der Waals surface area contributed by atoms with E-state index in [1.165, 1.54) is 50.2 Å². The Balaban J connectivity index is 1.08. The summed E-state index contributed by atoms with van der Waals surface area (Å²) < 4.78 is 18.1. The van der Waals surface area contributed by atoms with Crippen molar-refractivity contribution in [2.45, 2.75) is 82.8 Å². The average molecular weight is 569 g/mol. The van der Waals surface area contributed by atoms with Gasteiger partial charge in [-0.2, -0.15) is 0 Å². The Kier molecular flexibility index (Phi) is 9.20. The van der Waals surface area contributed by atoms with E-state index >= 15 is 0 Å². The summed E-state index contributed by atoms with van der Waals surface area (Å²) in [7, 11) is 2.09.